The second kappa shape index (κ2) is 5.92. The number of hydrogen-bond acceptors (Lipinski definition) is 5. The molecule has 0 saturated carbocycles. The third-order valence-electron chi connectivity index (χ3n) is 3.99. The summed E-state index contributed by atoms with van der Waals surface area (Å²) in [6.45, 7) is 1.52. The van der Waals surface area contributed by atoms with Crippen molar-refractivity contribution in [2.24, 2.45) is 0 Å². The van der Waals surface area contributed by atoms with Crippen molar-refractivity contribution in [3.05, 3.63) is 52.2 Å². The zero-order chi connectivity index (χ0) is 15.6. The molecule has 116 valence electrons. The second-order valence-corrected chi connectivity index (χ2v) is 6.27. The molecule has 6 nitrogen and oxygen atoms in total. The quantitative estimate of drug-likeness (QED) is 0.739. The van der Waals surface area contributed by atoms with Crippen molar-refractivity contribution in [1.82, 2.24) is 25.1 Å². The molecule has 4 rings (SSSR count). The molecule has 7 heteroatoms. The van der Waals surface area contributed by atoms with Gasteiger partial charge in [0.2, 0.25) is 11.7 Å². The molecule has 2 aromatic heterocycles. The first kappa shape index (κ1) is 14.1. The molecule has 0 spiro atoms. The van der Waals surface area contributed by atoms with Gasteiger partial charge in [-0.15, -0.1) is 10.2 Å². The summed E-state index contributed by atoms with van der Waals surface area (Å²) in [6, 6.07) is 10.2. The van der Waals surface area contributed by atoms with Crippen LogP contribution in [0.1, 0.15) is 11.1 Å². The van der Waals surface area contributed by atoms with Gasteiger partial charge in [0, 0.05) is 24.0 Å². The van der Waals surface area contributed by atoms with E-state index in [-0.39, 0.29) is 12.5 Å². The molecule has 1 aliphatic rings. The number of tetrazole rings is 1. The van der Waals surface area contributed by atoms with Gasteiger partial charge in [0.15, 0.2) is 0 Å². The van der Waals surface area contributed by atoms with Gasteiger partial charge in [-0.25, -0.2) is 0 Å². The molecule has 0 saturated heterocycles. The molecule has 0 unspecified atom stereocenters. The maximum atomic E-state index is 12.5. The Morgan fingerprint density at radius 1 is 1.22 bits per heavy atom. The van der Waals surface area contributed by atoms with Crippen molar-refractivity contribution in [1.29, 1.82) is 0 Å². The van der Waals surface area contributed by atoms with Crippen LogP contribution in [0.2, 0.25) is 0 Å². The fourth-order valence-corrected chi connectivity index (χ4v) is 3.38. The van der Waals surface area contributed by atoms with Gasteiger partial charge in [-0.3, -0.25) is 4.79 Å². The molecule has 0 aliphatic carbocycles. The lowest BCUT2D eigenvalue weighted by atomic mass is 10.00. The highest BCUT2D eigenvalue weighted by molar-refractivity contribution is 7.08. The average molecular weight is 325 g/mol. The molecule has 1 amide bonds. The normalized spacial score (nSPS) is 13.8. The highest BCUT2D eigenvalue weighted by atomic mass is 32.1. The van der Waals surface area contributed by atoms with Gasteiger partial charge in [-0.1, -0.05) is 24.3 Å². The van der Waals surface area contributed by atoms with Crippen molar-refractivity contribution >= 4 is 17.2 Å². The van der Waals surface area contributed by atoms with Crippen molar-refractivity contribution < 1.29 is 4.79 Å². The lowest BCUT2D eigenvalue weighted by Crippen LogP contribution is -2.38. The molecule has 0 fully saturated rings. The number of rotatable bonds is 3. The van der Waals surface area contributed by atoms with E-state index in [4.69, 9.17) is 0 Å². The Labute approximate surface area is 137 Å². The molecular formula is C16H15N5OS. The van der Waals surface area contributed by atoms with Gasteiger partial charge in [0.05, 0.1) is 0 Å². The number of nitrogens with zero attached hydrogens (tertiary/aromatic N) is 5. The minimum atomic E-state index is 0.0220. The van der Waals surface area contributed by atoms with E-state index in [0.717, 1.165) is 18.5 Å². The van der Waals surface area contributed by atoms with Crippen LogP contribution in [-0.4, -0.2) is 37.6 Å². The average Bonchev–Trinajstić information content (AvgIpc) is 3.25. The number of carbonyl (C=O) groups excluding carboxylic acids is 1. The Balaban J connectivity index is 1.45. The van der Waals surface area contributed by atoms with Crippen LogP contribution in [-0.2, 0) is 24.3 Å². The summed E-state index contributed by atoms with van der Waals surface area (Å²) in [4.78, 5) is 15.7. The summed E-state index contributed by atoms with van der Waals surface area (Å²) in [5.74, 6) is 0.580. The van der Waals surface area contributed by atoms with E-state index in [0.29, 0.717) is 12.4 Å². The Kier molecular flexibility index (Phi) is 3.63. The van der Waals surface area contributed by atoms with Gasteiger partial charge < -0.3 is 4.90 Å². The SMILES string of the molecule is O=C(Cn1nnc(-c2ccsc2)n1)N1CCc2ccccc2C1. The summed E-state index contributed by atoms with van der Waals surface area (Å²) in [5.41, 5.74) is 3.48. The van der Waals surface area contributed by atoms with E-state index in [2.05, 4.69) is 27.5 Å². The maximum Gasteiger partial charge on any atom is 0.246 e. The predicted octanol–water partition coefficient (Wildman–Crippen LogP) is 1.99. The summed E-state index contributed by atoms with van der Waals surface area (Å²) >= 11 is 1.58. The summed E-state index contributed by atoms with van der Waals surface area (Å²) in [7, 11) is 0. The largest absolute Gasteiger partial charge is 0.336 e. The number of benzene rings is 1. The second-order valence-electron chi connectivity index (χ2n) is 5.49. The van der Waals surface area contributed by atoms with E-state index < -0.39 is 0 Å². The Morgan fingerprint density at radius 2 is 2.09 bits per heavy atom. The minimum absolute atomic E-state index is 0.0220. The lowest BCUT2D eigenvalue weighted by Gasteiger charge is -2.28. The monoisotopic (exact) mass is 325 g/mol. The smallest absolute Gasteiger partial charge is 0.246 e. The molecule has 0 bridgehead atoms. The van der Waals surface area contributed by atoms with Crippen LogP contribution >= 0.6 is 11.3 Å². The number of hydrogen-bond donors (Lipinski definition) is 0. The molecule has 1 aromatic carbocycles. The number of fused-ring (bicyclic) bond motifs is 1. The van der Waals surface area contributed by atoms with E-state index >= 15 is 0 Å². The van der Waals surface area contributed by atoms with E-state index in [1.54, 1.807) is 11.3 Å². The molecule has 0 radical (unpaired) electrons. The van der Waals surface area contributed by atoms with E-state index in [1.165, 1.54) is 15.9 Å². The van der Waals surface area contributed by atoms with Gasteiger partial charge in [-0.2, -0.15) is 16.1 Å². The van der Waals surface area contributed by atoms with E-state index in [9.17, 15) is 4.79 Å². The fraction of sp³-hybridized carbons (Fsp3) is 0.250. The third-order valence-corrected chi connectivity index (χ3v) is 4.68. The lowest BCUT2D eigenvalue weighted by molar-refractivity contribution is -0.133. The first-order chi connectivity index (χ1) is 11.3. The molecule has 3 heterocycles. The third kappa shape index (κ3) is 2.87. The first-order valence-corrected chi connectivity index (χ1v) is 8.39. The van der Waals surface area contributed by atoms with Crippen LogP contribution in [0.25, 0.3) is 11.4 Å². The van der Waals surface area contributed by atoms with Gasteiger partial charge in [-0.05, 0) is 34.2 Å². The predicted molar refractivity (Wildman–Crippen MR) is 86.7 cm³/mol. The molecule has 1 aliphatic heterocycles. The summed E-state index contributed by atoms with van der Waals surface area (Å²) < 4.78 is 0. The Bertz CT molecular complexity index is 827. The molecule has 0 atom stereocenters. The standard InChI is InChI=1S/C16H15N5OS/c22-15(20-7-5-12-3-1-2-4-13(12)9-20)10-21-18-16(17-19-21)14-6-8-23-11-14/h1-4,6,8,11H,5,7,9-10H2. The van der Waals surface area contributed by atoms with Crippen LogP contribution < -0.4 is 0 Å². The van der Waals surface area contributed by atoms with Crippen LogP contribution in [0.3, 0.4) is 0 Å². The highest BCUT2D eigenvalue weighted by Gasteiger charge is 2.21. The molecular weight excluding hydrogens is 310 g/mol. The van der Waals surface area contributed by atoms with Crippen molar-refractivity contribution in [3.63, 3.8) is 0 Å². The summed E-state index contributed by atoms with van der Waals surface area (Å²) in [5, 5.41) is 16.2. The summed E-state index contributed by atoms with van der Waals surface area (Å²) in [6.07, 6.45) is 0.896. The van der Waals surface area contributed by atoms with Crippen LogP contribution in [0.4, 0.5) is 0 Å². The van der Waals surface area contributed by atoms with Gasteiger partial charge >= 0.3 is 0 Å². The number of aromatic nitrogens is 4. The number of thiophene rings is 1. The number of amides is 1. The Morgan fingerprint density at radius 3 is 2.91 bits per heavy atom. The highest BCUT2D eigenvalue weighted by Crippen LogP contribution is 2.19. The molecule has 3 aromatic rings. The molecule has 23 heavy (non-hydrogen) atoms. The van der Waals surface area contributed by atoms with Gasteiger partial charge in [0.25, 0.3) is 0 Å². The van der Waals surface area contributed by atoms with Crippen LogP contribution in [0, 0.1) is 0 Å². The maximum absolute atomic E-state index is 12.5. The topological polar surface area (TPSA) is 63.9 Å². The molecule has 0 N–H and O–H groups in total. The van der Waals surface area contributed by atoms with Crippen molar-refractivity contribution in [2.45, 2.75) is 19.5 Å². The number of carbonyl (C=O) groups is 1. The fourth-order valence-electron chi connectivity index (χ4n) is 2.75. The van der Waals surface area contributed by atoms with Gasteiger partial charge in [0.1, 0.15) is 6.54 Å². The first-order valence-electron chi connectivity index (χ1n) is 7.44. The van der Waals surface area contributed by atoms with Crippen molar-refractivity contribution in [2.75, 3.05) is 6.54 Å². The Hall–Kier alpha value is -2.54. The minimum Gasteiger partial charge on any atom is -0.336 e. The van der Waals surface area contributed by atoms with E-state index in [1.807, 2.05) is 33.9 Å². The van der Waals surface area contributed by atoms with Crippen LogP contribution in [0.5, 0.6) is 0 Å². The van der Waals surface area contributed by atoms with Crippen LogP contribution in [0.15, 0.2) is 41.1 Å². The zero-order valence-electron chi connectivity index (χ0n) is 12.4. The van der Waals surface area contributed by atoms with Crippen molar-refractivity contribution in [3.8, 4) is 11.4 Å². The zero-order valence-corrected chi connectivity index (χ0v) is 13.2.